The Bertz CT molecular complexity index is 936. The lowest BCUT2D eigenvalue weighted by atomic mass is 9.75. The molecule has 1 aliphatic rings. The first-order valence-electron chi connectivity index (χ1n) is 8.97. The van der Waals surface area contributed by atoms with Gasteiger partial charge in [0, 0.05) is 26.6 Å². The summed E-state index contributed by atoms with van der Waals surface area (Å²) in [6, 6.07) is 16.2. The van der Waals surface area contributed by atoms with Gasteiger partial charge < -0.3 is 15.7 Å². The van der Waals surface area contributed by atoms with Gasteiger partial charge in [-0.2, -0.15) is 0 Å². The second kappa shape index (κ2) is 9.64. The molecule has 1 heterocycles. The molecule has 0 aliphatic carbocycles. The second-order valence-electron chi connectivity index (χ2n) is 6.94. The lowest BCUT2D eigenvalue weighted by Crippen LogP contribution is -2.62. The van der Waals surface area contributed by atoms with E-state index in [2.05, 4.69) is 10.6 Å². The zero-order valence-corrected chi connectivity index (χ0v) is 16.9. The molecule has 0 spiro atoms. The first-order valence-corrected chi connectivity index (χ1v) is 10.5. The van der Waals surface area contributed by atoms with Crippen LogP contribution in [0.1, 0.15) is 18.1 Å². The molecule has 1 fully saturated rings. The topological polar surface area (TPSA) is 139 Å². The largest absolute Gasteiger partial charge is 0.481 e. The van der Waals surface area contributed by atoms with Crippen LogP contribution in [-0.4, -0.2) is 38.5 Å². The number of hydrogen-bond acceptors (Lipinski definition) is 5. The van der Waals surface area contributed by atoms with Crippen molar-refractivity contribution in [3.63, 3.8) is 0 Å². The van der Waals surface area contributed by atoms with Gasteiger partial charge in [-0.25, -0.2) is 13.6 Å². The Morgan fingerprint density at radius 2 is 1.62 bits per heavy atom. The summed E-state index contributed by atoms with van der Waals surface area (Å²) >= 11 is 0. The molecule has 0 aromatic heterocycles. The third kappa shape index (κ3) is 6.67. The van der Waals surface area contributed by atoms with Crippen LogP contribution in [0, 0.1) is 5.41 Å². The highest BCUT2D eigenvalue weighted by Crippen LogP contribution is 2.28. The third-order valence-electron chi connectivity index (χ3n) is 4.50. The number of carboxylic acid groups (broad SMARTS) is 1. The number of rotatable bonds is 6. The number of hydrogen-bond donors (Lipinski definition) is 4. The van der Waals surface area contributed by atoms with Crippen LogP contribution in [0.3, 0.4) is 0 Å². The lowest BCUT2D eigenvalue weighted by molar-refractivity contribution is -0.135. The zero-order valence-electron chi connectivity index (χ0n) is 16.1. The monoisotopic (exact) mass is 419 g/mol. The summed E-state index contributed by atoms with van der Waals surface area (Å²) in [6.45, 7) is 2.73. The number of nitrogens with one attached hydrogen (secondary N) is 2. The molecule has 2 aromatic rings. The summed E-state index contributed by atoms with van der Waals surface area (Å²) in [7, 11) is -3.70. The molecular weight excluding hydrogens is 394 g/mol. The molecule has 0 bridgehead atoms. The van der Waals surface area contributed by atoms with E-state index in [-0.39, 0.29) is 10.8 Å². The number of amides is 1. The Kier molecular flexibility index (Phi) is 7.49. The predicted octanol–water partition coefficient (Wildman–Crippen LogP) is 0.873. The molecule has 0 radical (unpaired) electrons. The van der Waals surface area contributed by atoms with Gasteiger partial charge in [0.05, 0.1) is 10.3 Å². The quantitative estimate of drug-likeness (QED) is 0.548. The molecule has 9 heteroatoms. The van der Waals surface area contributed by atoms with E-state index in [9.17, 15) is 13.2 Å². The molecule has 0 atom stereocenters. The predicted molar refractivity (Wildman–Crippen MR) is 108 cm³/mol. The van der Waals surface area contributed by atoms with Crippen molar-refractivity contribution in [2.45, 2.75) is 24.8 Å². The van der Waals surface area contributed by atoms with E-state index in [1.807, 2.05) is 30.3 Å². The van der Waals surface area contributed by atoms with Crippen molar-refractivity contribution >= 4 is 21.9 Å². The van der Waals surface area contributed by atoms with Gasteiger partial charge in [-0.3, -0.25) is 9.59 Å². The molecule has 5 N–H and O–H groups in total. The van der Waals surface area contributed by atoms with Crippen molar-refractivity contribution in [3.8, 4) is 0 Å². The Morgan fingerprint density at radius 3 is 2.07 bits per heavy atom. The number of aliphatic carboxylic acids is 1. The highest BCUT2D eigenvalue weighted by atomic mass is 32.2. The van der Waals surface area contributed by atoms with Crippen molar-refractivity contribution in [1.29, 1.82) is 0 Å². The maximum absolute atomic E-state index is 12.7. The van der Waals surface area contributed by atoms with E-state index >= 15 is 0 Å². The van der Waals surface area contributed by atoms with Crippen molar-refractivity contribution < 1.29 is 23.1 Å². The molecule has 8 nitrogen and oxygen atoms in total. The van der Waals surface area contributed by atoms with E-state index in [4.69, 9.17) is 15.0 Å². The van der Waals surface area contributed by atoms with E-state index in [0.717, 1.165) is 18.1 Å². The van der Waals surface area contributed by atoms with E-state index in [1.54, 1.807) is 12.1 Å². The SMILES string of the molecule is CC(=O)O.NS(=O)(=O)c1ccc(CNC(=O)C2(Cc3ccccc3)CNC2)cc1. The van der Waals surface area contributed by atoms with Gasteiger partial charge in [0.15, 0.2) is 0 Å². The maximum Gasteiger partial charge on any atom is 0.300 e. The Morgan fingerprint density at radius 1 is 1.07 bits per heavy atom. The van der Waals surface area contributed by atoms with Crippen molar-refractivity contribution in [1.82, 2.24) is 10.6 Å². The Labute approximate surface area is 170 Å². The van der Waals surface area contributed by atoms with Gasteiger partial charge >= 0.3 is 0 Å². The Balaban J connectivity index is 0.000000687. The third-order valence-corrected chi connectivity index (χ3v) is 5.43. The molecule has 1 aliphatic heterocycles. The van der Waals surface area contributed by atoms with Crippen LogP contribution in [0.5, 0.6) is 0 Å². The van der Waals surface area contributed by atoms with E-state index < -0.39 is 21.4 Å². The number of carbonyl (C=O) groups is 2. The first-order chi connectivity index (χ1) is 13.6. The van der Waals surface area contributed by atoms with Crippen LogP contribution in [0.2, 0.25) is 0 Å². The summed E-state index contributed by atoms with van der Waals surface area (Å²) in [5, 5.41) is 18.6. The summed E-state index contributed by atoms with van der Waals surface area (Å²) in [5.74, 6) is -0.828. The molecule has 29 heavy (non-hydrogen) atoms. The van der Waals surface area contributed by atoms with Crippen LogP contribution < -0.4 is 15.8 Å². The molecule has 3 rings (SSSR count). The van der Waals surface area contributed by atoms with Crippen LogP contribution in [-0.2, 0) is 32.6 Å². The van der Waals surface area contributed by atoms with Crippen molar-refractivity contribution in [2.24, 2.45) is 10.6 Å². The van der Waals surface area contributed by atoms with Crippen LogP contribution >= 0.6 is 0 Å². The van der Waals surface area contributed by atoms with Crippen molar-refractivity contribution in [2.75, 3.05) is 13.1 Å². The van der Waals surface area contributed by atoms with Gasteiger partial charge in [0.25, 0.3) is 5.97 Å². The van der Waals surface area contributed by atoms with Crippen LogP contribution in [0.4, 0.5) is 0 Å². The molecule has 1 amide bonds. The fraction of sp³-hybridized carbons (Fsp3) is 0.300. The Hall–Kier alpha value is -2.75. The summed E-state index contributed by atoms with van der Waals surface area (Å²) in [4.78, 5) is 21.7. The smallest absolute Gasteiger partial charge is 0.300 e. The number of benzene rings is 2. The second-order valence-corrected chi connectivity index (χ2v) is 8.50. The normalized spacial score (nSPS) is 14.7. The average Bonchev–Trinajstić information content (AvgIpc) is 2.63. The molecule has 0 unspecified atom stereocenters. The van der Waals surface area contributed by atoms with Gasteiger partial charge in [0.1, 0.15) is 0 Å². The number of primary sulfonamides is 1. The van der Waals surface area contributed by atoms with Gasteiger partial charge in [0.2, 0.25) is 15.9 Å². The minimum absolute atomic E-state index is 0.00521. The van der Waals surface area contributed by atoms with E-state index in [0.29, 0.717) is 26.1 Å². The van der Waals surface area contributed by atoms with Crippen molar-refractivity contribution in [3.05, 3.63) is 65.7 Å². The number of carboxylic acids is 1. The van der Waals surface area contributed by atoms with Gasteiger partial charge in [-0.05, 0) is 29.7 Å². The minimum Gasteiger partial charge on any atom is -0.481 e. The van der Waals surface area contributed by atoms with Gasteiger partial charge in [-0.1, -0.05) is 42.5 Å². The van der Waals surface area contributed by atoms with Crippen LogP contribution in [0.25, 0.3) is 0 Å². The van der Waals surface area contributed by atoms with Gasteiger partial charge in [-0.15, -0.1) is 0 Å². The standard InChI is InChI=1S/C18H21N3O3S.C2H4O2/c19-25(23,24)16-8-6-15(7-9-16)11-21-17(22)18(12-20-13-18)10-14-4-2-1-3-5-14;1-2(3)4/h1-9,20H,10-13H2,(H,21,22)(H2,19,23,24);1H3,(H,3,4). The fourth-order valence-electron chi connectivity index (χ4n) is 2.95. The lowest BCUT2D eigenvalue weighted by Gasteiger charge is -2.41. The fourth-order valence-corrected chi connectivity index (χ4v) is 3.46. The van der Waals surface area contributed by atoms with E-state index in [1.165, 1.54) is 12.1 Å². The molecule has 0 saturated carbocycles. The zero-order chi connectivity index (χ0) is 21.5. The number of carbonyl (C=O) groups excluding carboxylic acids is 1. The summed E-state index contributed by atoms with van der Waals surface area (Å²) in [6.07, 6.45) is 0.691. The molecule has 2 aromatic carbocycles. The number of sulfonamides is 1. The molecule has 1 saturated heterocycles. The molecular formula is C20H25N3O5S. The highest BCUT2D eigenvalue weighted by Gasteiger charge is 2.43. The summed E-state index contributed by atoms with van der Waals surface area (Å²) in [5.41, 5.74) is 1.53. The highest BCUT2D eigenvalue weighted by molar-refractivity contribution is 7.89. The minimum atomic E-state index is -3.70. The summed E-state index contributed by atoms with van der Waals surface area (Å²) < 4.78 is 22.5. The first kappa shape index (κ1) is 22.5. The number of nitrogens with two attached hydrogens (primary N) is 1. The molecule has 156 valence electrons. The van der Waals surface area contributed by atoms with Crippen LogP contribution in [0.15, 0.2) is 59.5 Å². The average molecular weight is 420 g/mol. The maximum atomic E-state index is 12.7.